The summed E-state index contributed by atoms with van der Waals surface area (Å²) in [5.74, 6) is 0. The highest BCUT2D eigenvalue weighted by molar-refractivity contribution is 5.24. The largest absolute Gasteiger partial charge is 0.394 e. The molecule has 0 aromatic heterocycles. The lowest BCUT2D eigenvalue weighted by atomic mass is 9.93. The summed E-state index contributed by atoms with van der Waals surface area (Å²) in [4.78, 5) is 0. The van der Waals surface area contributed by atoms with Crippen LogP contribution in [0.4, 0.5) is 0 Å². The van der Waals surface area contributed by atoms with Crippen LogP contribution < -0.4 is 11.5 Å². The Bertz CT molecular complexity index is 972. The molecule has 8 N–H and O–H groups in total. The maximum atomic E-state index is 9.22. The second-order valence-corrected chi connectivity index (χ2v) is 14.1. The lowest BCUT2D eigenvalue weighted by Gasteiger charge is -2.24. The van der Waals surface area contributed by atoms with Crippen LogP contribution in [0.15, 0.2) is 48.5 Å². The summed E-state index contributed by atoms with van der Waals surface area (Å²) in [6, 6.07) is 17.4. The molecular formula is C41H72N2O4. The minimum atomic E-state index is -0.865. The van der Waals surface area contributed by atoms with Gasteiger partial charge in [-0.2, -0.15) is 0 Å². The quantitative estimate of drug-likeness (QED) is 0.0550. The molecule has 0 aliphatic rings. The number of aryl methyl sites for hydroxylation is 4. The molecule has 0 heterocycles. The molecule has 0 spiro atoms. The maximum Gasteiger partial charge on any atom is 0.0633 e. The third-order valence-electron chi connectivity index (χ3n) is 9.52. The van der Waals surface area contributed by atoms with Crippen LogP contribution in [0.25, 0.3) is 0 Å². The van der Waals surface area contributed by atoms with Gasteiger partial charge in [0.15, 0.2) is 0 Å². The van der Waals surface area contributed by atoms with Gasteiger partial charge in [0.25, 0.3) is 0 Å². The van der Waals surface area contributed by atoms with Crippen LogP contribution in [0.3, 0.4) is 0 Å². The zero-order chi connectivity index (χ0) is 34.6. The van der Waals surface area contributed by atoms with Crippen molar-refractivity contribution >= 4 is 0 Å². The van der Waals surface area contributed by atoms with Gasteiger partial charge in [0, 0.05) is 0 Å². The Morgan fingerprint density at radius 1 is 0.383 bits per heavy atom. The van der Waals surface area contributed by atoms with Crippen LogP contribution in [-0.2, 0) is 25.7 Å². The van der Waals surface area contributed by atoms with Crippen molar-refractivity contribution < 1.29 is 20.4 Å². The lowest BCUT2D eigenvalue weighted by molar-refractivity contribution is 0.114. The van der Waals surface area contributed by atoms with Gasteiger partial charge in [-0.3, -0.25) is 0 Å². The SMILES string of the molecule is CCCCCCCCCCc1ccc(CCC(N)(CO)CO)cc1.CCCCCCCCCc1ccc(CCC(N)(CO)CO)cc1. The fraction of sp³-hybridized carbons (Fsp3) is 0.707. The molecule has 0 atom stereocenters. The molecule has 2 aromatic rings. The van der Waals surface area contributed by atoms with E-state index >= 15 is 0 Å². The number of unbranched alkanes of at least 4 members (excludes halogenated alkanes) is 13. The number of hydrogen-bond donors (Lipinski definition) is 6. The van der Waals surface area contributed by atoms with Crippen molar-refractivity contribution in [3.05, 3.63) is 70.8 Å². The van der Waals surface area contributed by atoms with Crippen molar-refractivity contribution in [2.75, 3.05) is 26.4 Å². The van der Waals surface area contributed by atoms with Gasteiger partial charge in [-0.25, -0.2) is 0 Å². The summed E-state index contributed by atoms with van der Waals surface area (Å²) in [5, 5.41) is 36.9. The van der Waals surface area contributed by atoms with Gasteiger partial charge in [0.1, 0.15) is 0 Å². The monoisotopic (exact) mass is 657 g/mol. The summed E-state index contributed by atoms with van der Waals surface area (Å²) < 4.78 is 0. The van der Waals surface area contributed by atoms with E-state index in [4.69, 9.17) is 11.5 Å². The molecular weight excluding hydrogens is 584 g/mol. The molecule has 2 aromatic carbocycles. The first-order valence-electron chi connectivity index (χ1n) is 18.9. The molecule has 0 aliphatic heterocycles. The van der Waals surface area contributed by atoms with Crippen molar-refractivity contribution in [1.29, 1.82) is 0 Å². The molecule has 0 amide bonds. The molecule has 0 unspecified atom stereocenters. The van der Waals surface area contributed by atoms with Crippen LogP contribution in [0, 0.1) is 0 Å². The highest BCUT2D eigenvalue weighted by Crippen LogP contribution is 2.17. The van der Waals surface area contributed by atoms with Crippen molar-refractivity contribution in [3.63, 3.8) is 0 Å². The average Bonchev–Trinajstić information content (AvgIpc) is 3.11. The van der Waals surface area contributed by atoms with Crippen LogP contribution in [0.1, 0.15) is 145 Å². The fourth-order valence-corrected chi connectivity index (χ4v) is 5.70. The standard InChI is InChI=1S/C21H37NO2.C20H35NO2/c1-2-3-4-5-6-7-8-9-10-19-11-13-20(14-12-19)15-16-21(22,17-23)18-24;1-2-3-4-5-6-7-8-9-18-10-12-19(13-11-18)14-15-20(21,16-22)17-23/h11-14,23-24H,2-10,15-18,22H2,1H3;10-13,22-23H,2-9,14-17,21H2,1H3. The Morgan fingerprint density at radius 3 is 0.872 bits per heavy atom. The van der Waals surface area contributed by atoms with E-state index in [-0.39, 0.29) is 26.4 Å². The number of hydrogen-bond acceptors (Lipinski definition) is 6. The van der Waals surface area contributed by atoms with E-state index in [0.29, 0.717) is 12.8 Å². The smallest absolute Gasteiger partial charge is 0.0633 e. The van der Waals surface area contributed by atoms with Crippen molar-refractivity contribution in [3.8, 4) is 0 Å². The Hall–Kier alpha value is -1.80. The van der Waals surface area contributed by atoms with Gasteiger partial charge < -0.3 is 31.9 Å². The maximum absolute atomic E-state index is 9.22. The van der Waals surface area contributed by atoms with Crippen LogP contribution in [-0.4, -0.2) is 57.9 Å². The number of aliphatic hydroxyl groups is 4. The van der Waals surface area contributed by atoms with Gasteiger partial charge in [-0.15, -0.1) is 0 Å². The van der Waals surface area contributed by atoms with E-state index in [1.807, 2.05) is 0 Å². The Labute approximate surface area is 288 Å². The highest BCUT2D eigenvalue weighted by Gasteiger charge is 2.23. The van der Waals surface area contributed by atoms with Gasteiger partial charge in [-0.05, 0) is 73.6 Å². The summed E-state index contributed by atoms with van der Waals surface area (Å²) >= 11 is 0. The molecule has 47 heavy (non-hydrogen) atoms. The normalized spacial score (nSPS) is 11.8. The van der Waals surface area contributed by atoms with Gasteiger partial charge in [-0.1, -0.05) is 146 Å². The molecule has 0 radical (unpaired) electrons. The summed E-state index contributed by atoms with van der Waals surface area (Å²) in [5.41, 5.74) is 15.3. The van der Waals surface area contributed by atoms with E-state index < -0.39 is 11.1 Å². The Kier molecular flexibility index (Phi) is 24.9. The Balaban J connectivity index is 0.000000470. The molecule has 6 heteroatoms. The average molecular weight is 657 g/mol. The predicted octanol–water partition coefficient (Wildman–Crippen LogP) is 7.58. The first-order chi connectivity index (χ1) is 22.8. The third-order valence-corrected chi connectivity index (χ3v) is 9.52. The second-order valence-electron chi connectivity index (χ2n) is 14.1. The highest BCUT2D eigenvalue weighted by atomic mass is 16.3. The van der Waals surface area contributed by atoms with E-state index in [1.165, 1.54) is 119 Å². The van der Waals surface area contributed by atoms with Gasteiger partial charge in [0.2, 0.25) is 0 Å². The molecule has 2 rings (SSSR count). The number of benzene rings is 2. The summed E-state index contributed by atoms with van der Waals surface area (Å²) in [7, 11) is 0. The number of aliphatic hydroxyl groups excluding tert-OH is 4. The summed E-state index contributed by atoms with van der Waals surface area (Å²) in [6.07, 6.45) is 25.3. The number of rotatable bonds is 27. The van der Waals surface area contributed by atoms with E-state index in [2.05, 4.69) is 62.4 Å². The van der Waals surface area contributed by atoms with Gasteiger partial charge >= 0.3 is 0 Å². The first-order valence-corrected chi connectivity index (χ1v) is 18.9. The molecule has 0 aliphatic carbocycles. The number of nitrogens with two attached hydrogens (primary N) is 2. The molecule has 0 fully saturated rings. The van der Waals surface area contributed by atoms with Gasteiger partial charge in [0.05, 0.1) is 37.5 Å². The fourth-order valence-electron chi connectivity index (χ4n) is 5.70. The third kappa shape index (κ3) is 21.0. The van der Waals surface area contributed by atoms with Crippen molar-refractivity contribution in [1.82, 2.24) is 0 Å². The topological polar surface area (TPSA) is 133 Å². The predicted molar refractivity (Wildman–Crippen MR) is 200 cm³/mol. The molecule has 0 bridgehead atoms. The zero-order valence-electron chi connectivity index (χ0n) is 30.2. The molecule has 0 saturated heterocycles. The zero-order valence-corrected chi connectivity index (χ0v) is 30.2. The van der Waals surface area contributed by atoms with Crippen LogP contribution in [0.5, 0.6) is 0 Å². The molecule has 0 saturated carbocycles. The van der Waals surface area contributed by atoms with Crippen molar-refractivity contribution in [2.45, 2.75) is 160 Å². The van der Waals surface area contributed by atoms with Crippen LogP contribution in [0.2, 0.25) is 0 Å². The molecule has 6 nitrogen and oxygen atoms in total. The minimum absolute atomic E-state index is 0.181. The van der Waals surface area contributed by atoms with Crippen LogP contribution >= 0.6 is 0 Å². The lowest BCUT2D eigenvalue weighted by Crippen LogP contribution is -2.47. The van der Waals surface area contributed by atoms with Crippen molar-refractivity contribution in [2.24, 2.45) is 11.5 Å². The second kappa shape index (κ2) is 27.1. The molecule has 270 valence electrons. The van der Waals surface area contributed by atoms with E-state index in [1.54, 1.807) is 0 Å². The Morgan fingerprint density at radius 2 is 0.617 bits per heavy atom. The first kappa shape index (κ1) is 43.2. The van der Waals surface area contributed by atoms with E-state index in [0.717, 1.165) is 25.7 Å². The van der Waals surface area contributed by atoms with E-state index in [9.17, 15) is 20.4 Å². The minimum Gasteiger partial charge on any atom is -0.394 e. The summed E-state index contributed by atoms with van der Waals surface area (Å²) in [6.45, 7) is 3.79.